The van der Waals surface area contributed by atoms with Gasteiger partial charge in [-0.25, -0.2) is 0 Å². The summed E-state index contributed by atoms with van der Waals surface area (Å²) in [6, 6.07) is 12.5. The summed E-state index contributed by atoms with van der Waals surface area (Å²) in [4.78, 5) is 24.0. The first-order valence-electron chi connectivity index (χ1n) is 8.76. The Hall–Kier alpha value is -2.54. The molecule has 0 heterocycles. The van der Waals surface area contributed by atoms with Crippen LogP contribution < -0.4 is 20.3 Å². The van der Waals surface area contributed by atoms with Gasteiger partial charge in [-0.05, 0) is 64.7 Å². The lowest BCUT2D eigenvalue weighted by Gasteiger charge is -2.11. The summed E-state index contributed by atoms with van der Waals surface area (Å²) >= 11 is 3.42. The Morgan fingerprint density at radius 2 is 1.85 bits per heavy atom. The smallest absolute Gasteiger partial charge is 0.276 e. The van der Waals surface area contributed by atoms with Crippen molar-refractivity contribution >= 4 is 27.7 Å². The van der Waals surface area contributed by atoms with Crippen molar-refractivity contribution in [2.45, 2.75) is 26.7 Å². The van der Waals surface area contributed by atoms with Crippen molar-refractivity contribution in [3.8, 4) is 11.5 Å². The van der Waals surface area contributed by atoms with Crippen LogP contribution in [-0.4, -0.2) is 25.0 Å². The van der Waals surface area contributed by atoms with Crippen LogP contribution in [0.25, 0.3) is 0 Å². The largest absolute Gasteiger partial charge is 0.494 e. The van der Waals surface area contributed by atoms with Crippen LogP contribution in [-0.2, 0) is 11.2 Å². The number of rotatable bonds is 8. The van der Waals surface area contributed by atoms with Crippen LogP contribution in [0.4, 0.5) is 0 Å². The second kappa shape index (κ2) is 10.6. The SMILES string of the molecule is CCCOc1cccc(C(=O)NNC(=O)COc2ccc(CC)cc2Br)c1. The fourth-order valence-electron chi connectivity index (χ4n) is 2.21. The maximum Gasteiger partial charge on any atom is 0.276 e. The van der Waals surface area contributed by atoms with Crippen molar-refractivity contribution in [2.75, 3.05) is 13.2 Å². The Bertz CT molecular complexity index is 795. The molecule has 0 aliphatic carbocycles. The van der Waals surface area contributed by atoms with E-state index in [-0.39, 0.29) is 6.61 Å². The average molecular weight is 435 g/mol. The molecule has 27 heavy (non-hydrogen) atoms. The Kier molecular flexibility index (Phi) is 8.13. The quantitative estimate of drug-likeness (QED) is 0.621. The molecule has 0 radical (unpaired) electrons. The lowest BCUT2D eigenvalue weighted by molar-refractivity contribution is -0.123. The number of halogens is 1. The molecule has 0 atom stereocenters. The first kappa shape index (κ1) is 20.8. The molecule has 7 heteroatoms. The lowest BCUT2D eigenvalue weighted by atomic mass is 10.2. The summed E-state index contributed by atoms with van der Waals surface area (Å²) in [6.07, 6.45) is 1.79. The molecule has 6 nitrogen and oxygen atoms in total. The van der Waals surface area contributed by atoms with E-state index in [9.17, 15) is 9.59 Å². The summed E-state index contributed by atoms with van der Waals surface area (Å²) in [6.45, 7) is 4.42. The van der Waals surface area contributed by atoms with E-state index in [1.807, 2.05) is 19.1 Å². The number of ether oxygens (including phenoxy) is 2. The van der Waals surface area contributed by atoms with E-state index in [0.29, 0.717) is 23.7 Å². The first-order chi connectivity index (χ1) is 13.0. The van der Waals surface area contributed by atoms with Crippen molar-refractivity contribution in [3.63, 3.8) is 0 Å². The van der Waals surface area contributed by atoms with Gasteiger partial charge in [0.25, 0.3) is 11.8 Å². The summed E-state index contributed by atoms with van der Waals surface area (Å²) in [5.41, 5.74) is 6.26. The van der Waals surface area contributed by atoms with Gasteiger partial charge in [0.05, 0.1) is 11.1 Å². The number of benzene rings is 2. The lowest BCUT2D eigenvalue weighted by Crippen LogP contribution is -2.43. The standard InChI is InChI=1S/C20H23BrN2O4/c1-3-10-26-16-7-5-6-15(12-16)20(25)23-22-19(24)13-27-18-9-8-14(4-2)11-17(18)21/h5-9,11-12H,3-4,10,13H2,1-2H3,(H,22,24)(H,23,25). The third kappa shape index (κ3) is 6.60. The van der Waals surface area contributed by atoms with Crippen molar-refractivity contribution in [1.29, 1.82) is 0 Å². The average Bonchev–Trinajstić information content (AvgIpc) is 2.69. The van der Waals surface area contributed by atoms with Crippen LogP contribution in [0, 0.1) is 0 Å². The van der Waals surface area contributed by atoms with Crippen LogP contribution in [0.3, 0.4) is 0 Å². The van der Waals surface area contributed by atoms with Gasteiger partial charge in [-0.15, -0.1) is 0 Å². The van der Waals surface area contributed by atoms with Gasteiger partial charge in [0.15, 0.2) is 6.61 Å². The number of nitrogens with one attached hydrogen (secondary N) is 2. The second-order valence-electron chi connectivity index (χ2n) is 5.79. The van der Waals surface area contributed by atoms with Gasteiger partial charge in [-0.1, -0.05) is 26.0 Å². The highest BCUT2D eigenvalue weighted by Gasteiger charge is 2.10. The molecule has 2 aromatic carbocycles. The van der Waals surface area contributed by atoms with Gasteiger partial charge in [0, 0.05) is 5.56 Å². The zero-order valence-electron chi connectivity index (χ0n) is 15.4. The predicted octanol–water partition coefficient (Wildman–Crippen LogP) is 3.64. The minimum absolute atomic E-state index is 0.218. The second-order valence-corrected chi connectivity index (χ2v) is 6.64. The van der Waals surface area contributed by atoms with Gasteiger partial charge >= 0.3 is 0 Å². The Morgan fingerprint density at radius 3 is 2.56 bits per heavy atom. The summed E-state index contributed by atoms with van der Waals surface area (Å²) < 4.78 is 11.7. The van der Waals surface area contributed by atoms with Crippen LogP contribution in [0.5, 0.6) is 11.5 Å². The van der Waals surface area contributed by atoms with Gasteiger partial charge < -0.3 is 9.47 Å². The number of amides is 2. The molecule has 0 aliphatic rings. The molecule has 0 saturated carbocycles. The van der Waals surface area contributed by atoms with E-state index in [4.69, 9.17) is 9.47 Å². The molecule has 2 N–H and O–H groups in total. The molecule has 0 fully saturated rings. The maximum atomic E-state index is 12.1. The van der Waals surface area contributed by atoms with E-state index >= 15 is 0 Å². The van der Waals surface area contributed by atoms with E-state index in [1.54, 1.807) is 30.3 Å². The number of aryl methyl sites for hydroxylation is 1. The molecule has 2 rings (SSSR count). The zero-order chi connectivity index (χ0) is 19.6. The third-order valence-corrected chi connectivity index (χ3v) is 4.27. The summed E-state index contributed by atoms with van der Waals surface area (Å²) in [5.74, 6) is 0.279. The predicted molar refractivity (Wildman–Crippen MR) is 107 cm³/mol. The van der Waals surface area contributed by atoms with Crippen molar-refractivity contribution in [3.05, 3.63) is 58.1 Å². The number of carbonyl (C=O) groups is 2. The van der Waals surface area contributed by atoms with E-state index in [0.717, 1.165) is 22.9 Å². The van der Waals surface area contributed by atoms with Gasteiger partial charge in [-0.3, -0.25) is 20.4 Å². The van der Waals surface area contributed by atoms with Crippen LogP contribution >= 0.6 is 15.9 Å². The Labute approximate surface area is 167 Å². The van der Waals surface area contributed by atoms with Gasteiger partial charge in [0.2, 0.25) is 0 Å². The number of hydrogen-bond donors (Lipinski definition) is 2. The van der Waals surface area contributed by atoms with Crippen molar-refractivity contribution in [1.82, 2.24) is 10.9 Å². The van der Waals surface area contributed by atoms with Gasteiger partial charge in [0.1, 0.15) is 11.5 Å². The Morgan fingerprint density at radius 1 is 1.04 bits per heavy atom. The van der Waals surface area contributed by atoms with Crippen LogP contribution in [0.2, 0.25) is 0 Å². The molecular formula is C20H23BrN2O4. The molecule has 2 aromatic rings. The van der Waals surface area contributed by atoms with Gasteiger partial charge in [-0.2, -0.15) is 0 Å². The molecular weight excluding hydrogens is 412 g/mol. The monoisotopic (exact) mass is 434 g/mol. The fraction of sp³-hybridized carbons (Fsp3) is 0.300. The Balaban J connectivity index is 1.82. The highest BCUT2D eigenvalue weighted by atomic mass is 79.9. The topological polar surface area (TPSA) is 76.7 Å². The highest BCUT2D eigenvalue weighted by Crippen LogP contribution is 2.26. The summed E-state index contributed by atoms with van der Waals surface area (Å²) in [5, 5.41) is 0. The van der Waals surface area contributed by atoms with E-state index < -0.39 is 11.8 Å². The van der Waals surface area contributed by atoms with E-state index in [2.05, 4.69) is 33.7 Å². The third-order valence-electron chi connectivity index (χ3n) is 3.65. The molecule has 0 aromatic heterocycles. The summed E-state index contributed by atoms with van der Waals surface area (Å²) in [7, 11) is 0. The molecule has 0 aliphatic heterocycles. The fourth-order valence-corrected chi connectivity index (χ4v) is 2.75. The van der Waals surface area contributed by atoms with Crippen LogP contribution in [0.1, 0.15) is 36.2 Å². The number of hydrogen-bond acceptors (Lipinski definition) is 4. The molecule has 0 bridgehead atoms. The molecule has 2 amide bonds. The molecule has 0 unspecified atom stereocenters. The van der Waals surface area contributed by atoms with Crippen LogP contribution in [0.15, 0.2) is 46.9 Å². The van der Waals surface area contributed by atoms with Crippen molar-refractivity contribution in [2.24, 2.45) is 0 Å². The normalized spacial score (nSPS) is 10.2. The molecule has 0 spiro atoms. The number of carbonyl (C=O) groups excluding carboxylic acids is 2. The molecule has 144 valence electrons. The van der Waals surface area contributed by atoms with Crippen molar-refractivity contribution < 1.29 is 19.1 Å². The highest BCUT2D eigenvalue weighted by molar-refractivity contribution is 9.10. The first-order valence-corrected chi connectivity index (χ1v) is 9.56. The minimum atomic E-state index is -0.465. The van der Waals surface area contributed by atoms with E-state index in [1.165, 1.54) is 0 Å². The maximum absolute atomic E-state index is 12.1. The molecule has 0 saturated heterocycles. The number of hydrazine groups is 1. The zero-order valence-corrected chi connectivity index (χ0v) is 17.0. The minimum Gasteiger partial charge on any atom is -0.494 e.